The fourth-order valence-corrected chi connectivity index (χ4v) is 4.96. The number of aliphatic imine (C=N–C) groups is 1. The molecule has 1 aromatic rings. The molecule has 114 valence electrons. The molecule has 0 amide bonds. The molecule has 22 heavy (non-hydrogen) atoms. The highest BCUT2D eigenvalue weighted by atomic mass is 16.4. The molecule has 1 saturated carbocycles. The van der Waals surface area contributed by atoms with Crippen molar-refractivity contribution in [1.29, 1.82) is 0 Å². The highest BCUT2D eigenvalue weighted by molar-refractivity contribution is 6.09. The van der Waals surface area contributed by atoms with Gasteiger partial charge in [0, 0.05) is 17.5 Å². The quantitative estimate of drug-likeness (QED) is 0.874. The minimum atomic E-state index is -1.09. The predicted octanol–water partition coefficient (Wildman–Crippen LogP) is 1.96. The molecule has 0 aromatic heterocycles. The van der Waals surface area contributed by atoms with E-state index in [0.29, 0.717) is 12.1 Å². The van der Waals surface area contributed by atoms with Crippen LogP contribution in [0.2, 0.25) is 0 Å². The van der Waals surface area contributed by atoms with E-state index in [4.69, 9.17) is 0 Å². The summed E-state index contributed by atoms with van der Waals surface area (Å²) in [6, 6.07) is 7.69. The minimum Gasteiger partial charge on any atom is -0.481 e. The van der Waals surface area contributed by atoms with Crippen molar-refractivity contribution in [3.63, 3.8) is 0 Å². The van der Waals surface area contributed by atoms with Crippen molar-refractivity contribution < 1.29 is 19.8 Å². The zero-order chi connectivity index (χ0) is 15.9. The molecule has 0 saturated heterocycles. The molecule has 0 bridgehead atoms. The molecule has 4 rings (SSSR count). The molecule has 2 N–H and O–H groups in total. The monoisotopic (exact) mass is 299 g/mol. The van der Waals surface area contributed by atoms with E-state index >= 15 is 0 Å². The summed E-state index contributed by atoms with van der Waals surface area (Å²) < 4.78 is 0. The minimum absolute atomic E-state index is 0.242. The van der Waals surface area contributed by atoms with E-state index in [0.717, 1.165) is 11.1 Å². The number of carboxylic acids is 2. The van der Waals surface area contributed by atoms with Crippen LogP contribution in [0.5, 0.6) is 0 Å². The summed E-state index contributed by atoms with van der Waals surface area (Å²) in [5, 5.41) is 19.5. The third kappa shape index (κ3) is 1.28. The first-order chi connectivity index (χ1) is 10.3. The average Bonchev–Trinajstić information content (AvgIpc) is 2.90. The van der Waals surface area contributed by atoms with Crippen LogP contribution in [0.25, 0.3) is 0 Å². The van der Waals surface area contributed by atoms with Crippen LogP contribution < -0.4 is 0 Å². The first kappa shape index (κ1) is 13.5. The van der Waals surface area contributed by atoms with Gasteiger partial charge in [0.05, 0.1) is 11.5 Å². The van der Waals surface area contributed by atoms with Crippen molar-refractivity contribution >= 4 is 17.7 Å². The molecule has 1 heterocycles. The van der Waals surface area contributed by atoms with Crippen molar-refractivity contribution in [1.82, 2.24) is 0 Å². The van der Waals surface area contributed by atoms with Gasteiger partial charge in [-0.3, -0.25) is 14.6 Å². The average molecular weight is 299 g/mol. The highest BCUT2D eigenvalue weighted by Crippen LogP contribution is 2.70. The summed E-state index contributed by atoms with van der Waals surface area (Å²) in [7, 11) is 0. The van der Waals surface area contributed by atoms with Crippen LogP contribution in [-0.4, -0.2) is 33.4 Å². The van der Waals surface area contributed by atoms with Crippen molar-refractivity contribution in [2.24, 2.45) is 22.2 Å². The maximum absolute atomic E-state index is 12.2. The summed E-state index contributed by atoms with van der Waals surface area (Å²) in [6.45, 7) is 3.58. The molecule has 1 aliphatic heterocycles. The molecular weight excluding hydrogens is 282 g/mol. The molecule has 3 aliphatic rings. The zero-order valence-corrected chi connectivity index (χ0v) is 12.4. The van der Waals surface area contributed by atoms with E-state index in [9.17, 15) is 19.8 Å². The van der Waals surface area contributed by atoms with Crippen LogP contribution >= 0.6 is 0 Å². The molecule has 0 radical (unpaired) electrons. The lowest BCUT2D eigenvalue weighted by molar-refractivity contribution is -0.146. The fraction of sp³-hybridized carbons (Fsp3) is 0.471. The van der Waals surface area contributed by atoms with Gasteiger partial charge in [-0.15, -0.1) is 0 Å². The third-order valence-corrected chi connectivity index (χ3v) is 6.01. The van der Waals surface area contributed by atoms with E-state index in [1.54, 1.807) is 6.92 Å². The van der Waals surface area contributed by atoms with E-state index in [1.807, 2.05) is 31.2 Å². The number of hydrogen-bond donors (Lipinski definition) is 2. The van der Waals surface area contributed by atoms with E-state index in [2.05, 4.69) is 4.99 Å². The van der Waals surface area contributed by atoms with E-state index in [-0.39, 0.29) is 11.8 Å². The van der Waals surface area contributed by atoms with E-state index < -0.39 is 28.8 Å². The van der Waals surface area contributed by atoms with Crippen LogP contribution in [0, 0.1) is 17.3 Å². The molecule has 5 nitrogen and oxygen atoms in total. The maximum atomic E-state index is 12.2. The van der Waals surface area contributed by atoms with E-state index in [1.165, 1.54) is 0 Å². The van der Waals surface area contributed by atoms with Gasteiger partial charge in [0.25, 0.3) is 0 Å². The molecule has 2 aliphatic carbocycles. The molecule has 1 aromatic carbocycles. The topological polar surface area (TPSA) is 87.0 Å². The Balaban J connectivity index is 1.97. The van der Waals surface area contributed by atoms with Crippen LogP contribution in [0.4, 0.5) is 0 Å². The Labute approximate surface area is 127 Å². The number of hydrogen-bond acceptors (Lipinski definition) is 3. The number of fused-ring (bicyclic) bond motifs is 5. The lowest BCUT2D eigenvalue weighted by Crippen LogP contribution is -2.46. The first-order valence-electron chi connectivity index (χ1n) is 7.45. The number of rotatable bonds is 2. The number of aliphatic carboxylic acids is 2. The van der Waals surface area contributed by atoms with Gasteiger partial charge in [0.1, 0.15) is 5.41 Å². The van der Waals surface area contributed by atoms with Gasteiger partial charge in [0.15, 0.2) is 0 Å². The highest BCUT2D eigenvalue weighted by Gasteiger charge is 2.77. The second-order valence-corrected chi connectivity index (χ2v) is 6.89. The standard InChI is InChI=1S/C17H17NO4/c1-8-17(15(21)22)7-9-5-3-4-6-10(9)11(17)12-13(14(19)20)16(12,2)18-8/h3-6,11-13H,7H2,1-2H3,(H,19,20)(H,21,22). The van der Waals surface area contributed by atoms with Gasteiger partial charge in [-0.1, -0.05) is 24.3 Å². The lowest BCUT2D eigenvalue weighted by atomic mass is 9.68. The largest absolute Gasteiger partial charge is 0.481 e. The summed E-state index contributed by atoms with van der Waals surface area (Å²) in [5.74, 6) is -2.92. The number of carboxylic acid groups (broad SMARTS) is 2. The Bertz CT molecular complexity index is 755. The van der Waals surface area contributed by atoms with Crippen LogP contribution in [0.15, 0.2) is 29.3 Å². The van der Waals surface area contributed by atoms with Crippen molar-refractivity contribution in [3.05, 3.63) is 35.4 Å². The maximum Gasteiger partial charge on any atom is 0.316 e. The fourth-order valence-electron chi connectivity index (χ4n) is 4.96. The molecule has 1 fully saturated rings. The third-order valence-electron chi connectivity index (χ3n) is 6.01. The predicted molar refractivity (Wildman–Crippen MR) is 79.1 cm³/mol. The molecule has 5 atom stereocenters. The van der Waals surface area contributed by atoms with Crippen LogP contribution in [0.3, 0.4) is 0 Å². The SMILES string of the molecule is CC1=NC2(C)C(C(=O)O)C2C2c3ccccc3CC12C(=O)O. The summed E-state index contributed by atoms with van der Waals surface area (Å²) in [6.07, 6.45) is 0.400. The Morgan fingerprint density at radius 1 is 1.27 bits per heavy atom. The Morgan fingerprint density at radius 2 is 1.95 bits per heavy atom. The molecule has 0 spiro atoms. The van der Waals surface area contributed by atoms with Gasteiger partial charge in [-0.2, -0.15) is 0 Å². The number of nitrogens with zero attached hydrogens (tertiary/aromatic N) is 1. The molecular formula is C17H17NO4. The summed E-state index contributed by atoms with van der Waals surface area (Å²) >= 11 is 0. The van der Waals surface area contributed by atoms with Crippen molar-refractivity contribution in [2.75, 3.05) is 0 Å². The molecule has 5 heteroatoms. The van der Waals surface area contributed by atoms with Crippen molar-refractivity contribution in [3.8, 4) is 0 Å². The first-order valence-corrected chi connectivity index (χ1v) is 7.45. The number of carbonyl (C=O) groups is 2. The normalized spacial score (nSPS) is 41.0. The Morgan fingerprint density at radius 3 is 2.59 bits per heavy atom. The van der Waals surface area contributed by atoms with Crippen LogP contribution in [0.1, 0.15) is 30.9 Å². The second-order valence-electron chi connectivity index (χ2n) is 6.89. The van der Waals surface area contributed by atoms with Gasteiger partial charge < -0.3 is 10.2 Å². The van der Waals surface area contributed by atoms with Gasteiger partial charge in [0.2, 0.25) is 0 Å². The second kappa shape index (κ2) is 3.77. The van der Waals surface area contributed by atoms with Gasteiger partial charge in [-0.05, 0) is 31.4 Å². The lowest BCUT2D eigenvalue weighted by Gasteiger charge is -2.36. The van der Waals surface area contributed by atoms with Gasteiger partial charge in [-0.25, -0.2) is 0 Å². The molecule has 5 unspecified atom stereocenters. The summed E-state index contributed by atoms with van der Waals surface area (Å²) in [4.78, 5) is 28.3. The Hall–Kier alpha value is -2.17. The smallest absolute Gasteiger partial charge is 0.316 e. The van der Waals surface area contributed by atoms with Crippen LogP contribution in [-0.2, 0) is 16.0 Å². The van der Waals surface area contributed by atoms with Crippen molar-refractivity contribution in [2.45, 2.75) is 31.7 Å². The zero-order valence-electron chi connectivity index (χ0n) is 12.4. The number of benzene rings is 1. The van der Waals surface area contributed by atoms with Gasteiger partial charge >= 0.3 is 11.9 Å². The summed E-state index contributed by atoms with van der Waals surface area (Å²) in [5.41, 5.74) is 0.794. The Kier molecular flexibility index (Phi) is 2.31.